The molecule has 0 aliphatic carbocycles. The molecule has 0 radical (unpaired) electrons. The summed E-state index contributed by atoms with van der Waals surface area (Å²) in [6.07, 6.45) is 0.956. The predicted molar refractivity (Wildman–Crippen MR) is 84.9 cm³/mol. The van der Waals surface area contributed by atoms with E-state index in [1.54, 1.807) is 19.2 Å². The third-order valence-electron chi connectivity index (χ3n) is 2.95. The minimum absolute atomic E-state index is 0.312. The first-order chi connectivity index (χ1) is 9.95. The zero-order valence-electron chi connectivity index (χ0n) is 13.1. The lowest BCUT2D eigenvalue weighted by atomic mass is 10.0. The molecule has 1 aromatic rings. The van der Waals surface area contributed by atoms with Gasteiger partial charge in [0.1, 0.15) is 0 Å². The summed E-state index contributed by atoms with van der Waals surface area (Å²) < 4.78 is 31.7. The summed E-state index contributed by atoms with van der Waals surface area (Å²) in [5.41, 5.74) is 1.16. The predicted octanol–water partition coefficient (Wildman–Crippen LogP) is 1.40. The Kier molecular flexibility index (Phi) is 7.88. The summed E-state index contributed by atoms with van der Waals surface area (Å²) in [5.74, 6) is 0.559. The van der Waals surface area contributed by atoms with Crippen molar-refractivity contribution in [2.24, 2.45) is 5.92 Å². The average molecular weight is 314 g/mol. The Morgan fingerprint density at radius 1 is 1.10 bits per heavy atom. The second-order valence-electron chi connectivity index (χ2n) is 5.38. The van der Waals surface area contributed by atoms with Crippen molar-refractivity contribution >= 4 is 10.0 Å². The third kappa shape index (κ3) is 7.04. The van der Waals surface area contributed by atoms with Crippen molar-refractivity contribution in [1.82, 2.24) is 10.0 Å². The molecule has 21 heavy (non-hydrogen) atoms. The highest BCUT2D eigenvalue weighted by Gasteiger charge is 2.12. The van der Waals surface area contributed by atoms with Gasteiger partial charge in [-0.25, -0.2) is 13.1 Å². The van der Waals surface area contributed by atoms with Crippen LogP contribution in [0.1, 0.15) is 19.4 Å². The lowest BCUT2D eigenvalue weighted by Crippen LogP contribution is -2.33. The van der Waals surface area contributed by atoms with Crippen molar-refractivity contribution < 1.29 is 13.2 Å². The molecule has 6 heteroatoms. The summed E-state index contributed by atoms with van der Waals surface area (Å²) in [6, 6.07) is 7.09. The monoisotopic (exact) mass is 314 g/mol. The molecule has 0 amide bonds. The number of nitrogens with one attached hydrogen (secondary N) is 2. The quantitative estimate of drug-likeness (QED) is 0.641. The zero-order chi connectivity index (χ0) is 15.7. The zero-order valence-corrected chi connectivity index (χ0v) is 13.9. The molecule has 2 N–H and O–H groups in total. The lowest BCUT2D eigenvalue weighted by Gasteiger charge is -2.09. The Balaban J connectivity index is 2.46. The first kappa shape index (κ1) is 18.1. The van der Waals surface area contributed by atoms with Gasteiger partial charge in [0.15, 0.2) is 0 Å². The summed E-state index contributed by atoms with van der Waals surface area (Å²) in [6.45, 7) is 6.55. The Morgan fingerprint density at radius 2 is 1.76 bits per heavy atom. The van der Waals surface area contributed by atoms with Crippen molar-refractivity contribution in [3.05, 3.63) is 29.8 Å². The standard InChI is InChI=1S/C15H26N2O3S/c1-13(2)12-14-4-6-15(7-5-14)21(18,19)17-9-8-16-10-11-20-3/h4-7,13,16-17H,8-12H2,1-3H3. The minimum atomic E-state index is -3.42. The molecular formula is C15H26N2O3S. The van der Waals surface area contributed by atoms with E-state index in [1.165, 1.54) is 0 Å². The number of methoxy groups -OCH3 is 1. The molecule has 0 saturated carbocycles. The van der Waals surface area contributed by atoms with Gasteiger partial charge in [-0.3, -0.25) is 0 Å². The molecule has 1 aromatic carbocycles. The summed E-state index contributed by atoms with van der Waals surface area (Å²) in [5, 5.41) is 3.09. The second kappa shape index (κ2) is 9.15. The first-order valence-electron chi connectivity index (χ1n) is 7.24. The van der Waals surface area contributed by atoms with Gasteiger partial charge < -0.3 is 10.1 Å². The van der Waals surface area contributed by atoms with Crippen LogP contribution in [0.25, 0.3) is 0 Å². The number of hydrogen-bond donors (Lipinski definition) is 2. The maximum atomic E-state index is 12.1. The third-order valence-corrected chi connectivity index (χ3v) is 4.43. The van der Waals surface area contributed by atoms with E-state index in [0.29, 0.717) is 37.1 Å². The molecule has 0 saturated heterocycles. The molecule has 1 rings (SSSR count). The summed E-state index contributed by atoms with van der Waals surface area (Å²) in [7, 11) is -1.79. The van der Waals surface area contributed by atoms with Gasteiger partial charge in [-0.1, -0.05) is 26.0 Å². The number of ether oxygens (including phenoxy) is 1. The van der Waals surface area contributed by atoms with E-state index in [9.17, 15) is 8.42 Å². The highest BCUT2D eigenvalue weighted by molar-refractivity contribution is 7.89. The van der Waals surface area contributed by atoms with E-state index in [0.717, 1.165) is 12.0 Å². The van der Waals surface area contributed by atoms with Crippen LogP contribution in [-0.2, 0) is 21.2 Å². The van der Waals surface area contributed by atoms with Crippen LogP contribution in [0.4, 0.5) is 0 Å². The number of hydrogen-bond acceptors (Lipinski definition) is 4. The Hall–Kier alpha value is -0.950. The van der Waals surface area contributed by atoms with Crippen LogP contribution in [0.15, 0.2) is 29.2 Å². The Labute approximate surface area is 128 Å². The normalized spacial score (nSPS) is 12.0. The van der Waals surface area contributed by atoms with E-state index in [2.05, 4.69) is 23.9 Å². The molecule has 5 nitrogen and oxygen atoms in total. The summed E-state index contributed by atoms with van der Waals surface area (Å²) >= 11 is 0. The van der Waals surface area contributed by atoms with Crippen molar-refractivity contribution in [3.63, 3.8) is 0 Å². The minimum Gasteiger partial charge on any atom is -0.383 e. The average Bonchev–Trinajstić information content (AvgIpc) is 2.42. The highest BCUT2D eigenvalue weighted by Crippen LogP contribution is 2.13. The van der Waals surface area contributed by atoms with E-state index >= 15 is 0 Å². The Bertz CT molecular complexity index is 498. The van der Waals surface area contributed by atoms with Crippen LogP contribution in [0.2, 0.25) is 0 Å². The topological polar surface area (TPSA) is 67.4 Å². The van der Waals surface area contributed by atoms with Gasteiger partial charge in [0, 0.05) is 26.7 Å². The molecule has 0 spiro atoms. The van der Waals surface area contributed by atoms with Crippen LogP contribution < -0.4 is 10.0 Å². The van der Waals surface area contributed by atoms with E-state index in [1.807, 2.05) is 12.1 Å². The highest BCUT2D eigenvalue weighted by atomic mass is 32.2. The fourth-order valence-electron chi connectivity index (χ4n) is 1.93. The molecule has 0 heterocycles. The molecule has 0 atom stereocenters. The molecule has 0 aromatic heterocycles. The lowest BCUT2D eigenvalue weighted by molar-refractivity contribution is 0.199. The number of sulfonamides is 1. The van der Waals surface area contributed by atoms with Crippen molar-refractivity contribution in [3.8, 4) is 0 Å². The van der Waals surface area contributed by atoms with Gasteiger partial charge in [-0.2, -0.15) is 0 Å². The summed E-state index contributed by atoms with van der Waals surface area (Å²) in [4.78, 5) is 0.312. The first-order valence-corrected chi connectivity index (χ1v) is 8.72. The largest absolute Gasteiger partial charge is 0.383 e. The smallest absolute Gasteiger partial charge is 0.240 e. The van der Waals surface area contributed by atoms with Crippen LogP contribution in [0, 0.1) is 5.92 Å². The van der Waals surface area contributed by atoms with E-state index in [-0.39, 0.29) is 0 Å². The van der Waals surface area contributed by atoms with Gasteiger partial charge in [0.05, 0.1) is 11.5 Å². The van der Waals surface area contributed by atoms with E-state index < -0.39 is 10.0 Å². The molecule has 0 aliphatic rings. The van der Waals surface area contributed by atoms with E-state index in [4.69, 9.17) is 4.74 Å². The fraction of sp³-hybridized carbons (Fsp3) is 0.600. The molecular weight excluding hydrogens is 288 g/mol. The fourth-order valence-corrected chi connectivity index (χ4v) is 2.96. The molecule has 0 fully saturated rings. The van der Waals surface area contributed by atoms with Crippen LogP contribution >= 0.6 is 0 Å². The molecule has 0 unspecified atom stereocenters. The van der Waals surface area contributed by atoms with Crippen LogP contribution in [-0.4, -0.2) is 41.8 Å². The molecule has 0 bridgehead atoms. The van der Waals surface area contributed by atoms with Gasteiger partial charge in [-0.15, -0.1) is 0 Å². The Morgan fingerprint density at radius 3 is 2.33 bits per heavy atom. The van der Waals surface area contributed by atoms with Crippen molar-refractivity contribution in [2.75, 3.05) is 33.4 Å². The van der Waals surface area contributed by atoms with Crippen molar-refractivity contribution in [2.45, 2.75) is 25.2 Å². The maximum Gasteiger partial charge on any atom is 0.240 e. The number of rotatable bonds is 10. The second-order valence-corrected chi connectivity index (χ2v) is 7.15. The molecule has 120 valence electrons. The maximum absolute atomic E-state index is 12.1. The van der Waals surface area contributed by atoms with Crippen LogP contribution in [0.5, 0.6) is 0 Å². The SMILES string of the molecule is COCCNCCNS(=O)(=O)c1ccc(CC(C)C)cc1. The van der Waals surface area contributed by atoms with Gasteiger partial charge in [0.25, 0.3) is 0 Å². The van der Waals surface area contributed by atoms with Gasteiger partial charge in [0.2, 0.25) is 10.0 Å². The van der Waals surface area contributed by atoms with Gasteiger partial charge >= 0.3 is 0 Å². The number of benzene rings is 1. The van der Waals surface area contributed by atoms with Gasteiger partial charge in [-0.05, 0) is 30.0 Å². The van der Waals surface area contributed by atoms with Crippen molar-refractivity contribution in [1.29, 1.82) is 0 Å². The molecule has 0 aliphatic heterocycles. The van der Waals surface area contributed by atoms with Crippen LogP contribution in [0.3, 0.4) is 0 Å².